The Labute approximate surface area is 247 Å². The third kappa shape index (κ3) is 9.01. The van der Waals surface area contributed by atoms with Crippen molar-refractivity contribution >= 4 is 46.2 Å². The molecule has 43 heavy (non-hydrogen) atoms. The molecule has 0 aliphatic rings. The number of hydrogen-bond donors (Lipinski definition) is 3. The van der Waals surface area contributed by atoms with E-state index in [-0.39, 0.29) is 58.7 Å². The van der Waals surface area contributed by atoms with Crippen molar-refractivity contribution in [2.45, 2.75) is 44.4 Å². The van der Waals surface area contributed by atoms with Crippen LogP contribution in [0, 0.1) is 5.82 Å². The van der Waals surface area contributed by atoms with E-state index in [9.17, 15) is 36.7 Å². The van der Waals surface area contributed by atoms with Crippen molar-refractivity contribution in [2.24, 2.45) is 0 Å². The first-order valence-corrected chi connectivity index (χ1v) is 13.1. The van der Waals surface area contributed by atoms with Crippen molar-refractivity contribution < 1.29 is 36.7 Å². The molecule has 0 radical (unpaired) electrons. The Kier molecular flexibility index (Phi) is 10.9. The number of aromatic nitrogens is 4. The van der Waals surface area contributed by atoms with E-state index in [4.69, 9.17) is 11.6 Å². The number of hydrogen-bond acceptors (Lipinski definition) is 7. The fourth-order valence-electron chi connectivity index (χ4n) is 3.82. The van der Waals surface area contributed by atoms with Crippen LogP contribution in [0.2, 0.25) is 5.15 Å². The van der Waals surface area contributed by atoms with Crippen LogP contribution in [0.15, 0.2) is 35.3 Å². The number of aromatic amines is 1. The Balaban J connectivity index is 1.83. The van der Waals surface area contributed by atoms with Crippen LogP contribution in [0.4, 0.5) is 28.0 Å². The average molecular weight is 630 g/mol. The number of allylic oxidation sites excluding steroid dienone is 1. The van der Waals surface area contributed by atoms with E-state index >= 15 is 0 Å². The maximum Gasteiger partial charge on any atom is 0.407 e. The molecule has 0 aromatic carbocycles. The lowest BCUT2D eigenvalue weighted by molar-refractivity contribution is -0.134. The minimum absolute atomic E-state index is 0.00747. The van der Waals surface area contributed by atoms with E-state index in [0.717, 1.165) is 17.9 Å². The highest BCUT2D eigenvalue weighted by molar-refractivity contribution is 6.29. The van der Waals surface area contributed by atoms with E-state index < -0.39 is 48.4 Å². The zero-order chi connectivity index (χ0) is 31.9. The number of carbonyl (C=O) groups is 3. The second-order valence-corrected chi connectivity index (χ2v) is 9.81. The molecule has 0 bridgehead atoms. The molecule has 3 N–H and O–H groups in total. The van der Waals surface area contributed by atoms with Crippen molar-refractivity contribution in [1.82, 2.24) is 29.7 Å². The van der Waals surface area contributed by atoms with Crippen molar-refractivity contribution in [1.29, 1.82) is 0 Å². The molecule has 17 heteroatoms. The highest BCUT2D eigenvalue weighted by Crippen LogP contribution is 2.25. The molecule has 232 valence electrons. The van der Waals surface area contributed by atoms with Crippen LogP contribution >= 0.6 is 11.6 Å². The minimum Gasteiger partial charge on any atom is -0.453 e. The lowest BCUT2D eigenvalue weighted by Gasteiger charge is -2.17. The van der Waals surface area contributed by atoms with Gasteiger partial charge in [0.05, 0.1) is 31.1 Å². The molecule has 0 aliphatic heterocycles. The molecule has 0 fully saturated rings. The molecule has 0 saturated carbocycles. The van der Waals surface area contributed by atoms with Crippen molar-refractivity contribution in [2.75, 3.05) is 26.5 Å². The maximum absolute atomic E-state index is 14.4. The maximum atomic E-state index is 14.4. The van der Waals surface area contributed by atoms with Crippen molar-refractivity contribution in [3.63, 3.8) is 0 Å². The summed E-state index contributed by atoms with van der Waals surface area (Å²) in [7, 11) is 4.25. The van der Waals surface area contributed by atoms with Gasteiger partial charge in [-0.1, -0.05) is 17.7 Å². The molecule has 12 nitrogen and oxygen atoms in total. The van der Waals surface area contributed by atoms with Crippen LogP contribution in [0.5, 0.6) is 0 Å². The number of carbonyl (C=O) groups excluding carboxylic acids is 3. The van der Waals surface area contributed by atoms with Gasteiger partial charge in [0.15, 0.2) is 5.82 Å². The van der Waals surface area contributed by atoms with Gasteiger partial charge in [0.2, 0.25) is 11.8 Å². The van der Waals surface area contributed by atoms with Crippen LogP contribution in [0.25, 0.3) is 11.0 Å². The largest absolute Gasteiger partial charge is 0.453 e. The Morgan fingerprint density at radius 3 is 2.63 bits per heavy atom. The minimum atomic E-state index is -4.45. The number of pyridine rings is 2. The van der Waals surface area contributed by atoms with Gasteiger partial charge in [-0.05, 0) is 31.1 Å². The molecule has 1 unspecified atom stereocenters. The first-order valence-electron chi connectivity index (χ1n) is 12.7. The number of methoxy groups -OCH3 is 1. The van der Waals surface area contributed by atoms with Gasteiger partial charge in [-0.2, -0.15) is 13.2 Å². The topological polar surface area (TPSA) is 151 Å². The Bertz CT molecular complexity index is 1590. The summed E-state index contributed by atoms with van der Waals surface area (Å²) in [6.45, 7) is -0.358. The highest BCUT2D eigenvalue weighted by Gasteiger charge is 2.28. The highest BCUT2D eigenvalue weighted by atomic mass is 35.5. The summed E-state index contributed by atoms with van der Waals surface area (Å²) in [6, 6.07) is 1.38. The zero-order valence-electron chi connectivity index (χ0n) is 23.2. The molecule has 3 aromatic rings. The lowest BCUT2D eigenvalue weighted by Crippen LogP contribution is -2.44. The SMILES string of the molecule is COC(=O)NC(CCC=CC(=O)N(C)C)C(=O)Nc1ccc(Cl)n(Cc2nc3c(F)cnc(CCC(F)(F)F)c3[nH]2)c1=O. The van der Waals surface area contributed by atoms with Gasteiger partial charge in [-0.15, -0.1) is 0 Å². The number of nitrogens with zero attached hydrogens (tertiary/aromatic N) is 4. The van der Waals surface area contributed by atoms with Gasteiger partial charge in [-0.3, -0.25) is 23.9 Å². The van der Waals surface area contributed by atoms with Crippen molar-refractivity contribution in [3.05, 3.63) is 63.3 Å². The summed E-state index contributed by atoms with van der Waals surface area (Å²) in [5.74, 6) is -1.93. The van der Waals surface area contributed by atoms with E-state index in [1.54, 1.807) is 14.1 Å². The van der Waals surface area contributed by atoms with Gasteiger partial charge in [-0.25, -0.2) is 14.2 Å². The van der Waals surface area contributed by atoms with E-state index in [1.807, 2.05) is 0 Å². The predicted octanol–water partition coefficient (Wildman–Crippen LogP) is 3.54. The number of fused-ring (bicyclic) bond motifs is 1. The number of ether oxygens (including phenoxy) is 1. The molecule has 0 spiro atoms. The summed E-state index contributed by atoms with van der Waals surface area (Å²) in [6.07, 6.45) is -3.19. The Morgan fingerprint density at radius 2 is 1.98 bits per heavy atom. The molecular formula is C26H28ClF4N7O5. The number of nitrogens with one attached hydrogen (secondary N) is 3. The van der Waals surface area contributed by atoms with Gasteiger partial charge >= 0.3 is 12.3 Å². The quantitative estimate of drug-likeness (QED) is 0.167. The fraction of sp³-hybridized carbons (Fsp3) is 0.385. The number of likely N-dealkylation sites (N-methyl/N-ethyl adjacent to an activating group) is 1. The van der Waals surface area contributed by atoms with Gasteiger partial charge in [0, 0.05) is 26.9 Å². The molecule has 3 amide bonds. The van der Waals surface area contributed by atoms with E-state index in [0.29, 0.717) is 0 Å². The van der Waals surface area contributed by atoms with Crippen LogP contribution in [-0.4, -0.2) is 75.7 Å². The van der Waals surface area contributed by atoms with Crippen LogP contribution < -0.4 is 16.2 Å². The zero-order valence-corrected chi connectivity index (χ0v) is 24.0. The second kappa shape index (κ2) is 14.1. The number of anilines is 1. The smallest absolute Gasteiger partial charge is 0.407 e. The third-order valence-electron chi connectivity index (χ3n) is 6.05. The predicted molar refractivity (Wildman–Crippen MR) is 148 cm³/mol. The molecular weight excluding hydrogens is 602 g/mol. The third-order valence-corrected chi connectivity index (χ3v) is 6.38. The number of amides is 3. The lowest BCUT2D eigenvalue weighted by atomic mass is 10.1. The van der Waals surface area contributed by atoms with Gasteiger partial charge < -0.3 is 25.3 Å². The summed E-state index contributed by atoms with van der Waals surface area (Å²) in [5, 5.41) is 4.71. The number of H-pyrrole nitrogens is 1. The molecule has 1 atom stereocenters. The summed E-state index contributed by atoms with van der Waals surface area (Å²) < 4.78 is 58.1. The first-order chi connectivity index (χ1) is 20.2. The van der Waals surface area contributed by atoms with E-state index in [2.05, 4.69) is 30.3 Å². The second-order valence-electron chi connectivity index (χ2n) is 9.43. The molecule has 3 heterocycles. The van der Waals surface area contributed by atoms with Crippen molar-refractivity contribution in [3.8, 4) is 0 Å². The summed E-state index contributed by atoms with van der Waals surface area (Å²) >= 11 is 6.22. The molecule has 3 aromatic heterocycles. The summed E-state index contributed by atoms with van der Waals surface area (Å²) in [5.41, 5.74) is -1.37. The molecule has 0 aliphatic carbocycles. The normalized spacial score (nSPS) is 12.4. The number of halogens is 5. The van der Waals surface area contributed by atoms with E-state index in [1.165, 1.54) is 29.2 Å². The summed E-state index contributed by atoms with van der Waals surface area (Å²) in [4.78, 5) is 61.7. The molecule has 3 rings (SSSR count). The van der Waals surface area contributed by atoms with Gasteiger partial charge in [0.25, 0.3) is 5.56 Å². The monoisotopic (exact) mass is 629 g/mol. The number of aryl methyl sites for hydroxylation is 1. The average Bonchev–Trinajstić information content (AvgIpc) is 3.37. The van der Waals surface area contributed by atoms with Crippen LogP contribution in [-0.2, 0) is 27.3 Å². The number of alkyl carbamates (subject to hydrolysis) is 1. The van der Waals surface area contributed by atoms with Gasteiger partial charge in [0.1, 0.15) is 28.2 Å². The van der Waals surface area contributed by atoms with Crippen LogP contribution in [0.3, 0.4) is 0 Å². The number of alkyl halides is 3. The number of imidazole rings is 1. The number of rotatable bonds is 11. The first kappa shape index (κ1) is 33.0. The standard InChI is InChI=1S/C26H28ClF4N7O5/c1-37(2)20(39)7-5-4-6-16(34-25(42)43-3)23(40)33-17-8-9-18(27)38(24(17)41)13-19-35-21-14(28)12-32-15(22(21)36-19)10-11-26(29,30)31/h5,7-9,12,16H,4,6,10-11,13H2,1-3H3,(H,33,40)(H,34,42)(H,35,36). The fourth-order valence-corrected chi connectivity index (χ4v) is 4.02. The van der Waals surface area contributed by atoms with Crippen LogP contribution in [0.1, 0.15) is 30.8 Å². The Morgan fingerprint density at radius 1 is 1.26 bits per heavy atom. The molecule has 0 saturated heterocycles. The Hall–Kier alpha value is -4.47.